The van der Waals surface area contributed by atoms with E-state index in [1.54, 1.807) is 0 Å². The second-order valence-electron chi connectivity index (χ2n) is 10.5. The fraction of sp³-hybridized carbons (Fsp3) is 0.654. The highest BCUT2D eigenvalue weighted by Gasteiger charge is 2.56. The van der Waals surface area contributed by atoms with Gasteiger partial charge in [0.2, 0.25) is 11.8 Å². The molecule has 4 aliphatic carbocycles. The van der Waals surface area contributed by atoms with E-state index in [9.17, 15) is 9.59 Å². The minimum Gasteiger partial charge on any atom is -0.493 e. The van der Waals surface area contributed by atoms with Crippen LogP contribution in [0.3, 0.4) is 0 Å². The smallest absolute Gasteiger partial charge is 0.247 e. The van der Waals surface area contributed by atoms with E-state index in [-0.39, 0.29) is 23.3 Å². The molecule has 32 heavy (non-hydrogen) atoms. The van der Waals surface area contributed by atoms with Crippen molar-refractivity contribution in [2.45, 2.75) is 70.3 Å². The number of carbonyl (C=O) groups excluding carboxylic acids is 2. The van der Waals surface area contributed by atoms with Gasteiger partial charge < -0.3 is 15.0 Å². The molecule has 1 saturated heterocycles. The molecule has 1 N–H and O–H groups in total. The van der Waals surface area contributed by atoms with E-state index in [2.05, 4.69) is 11.4 Å². The first-order valence-electron chi connectivity index (χ1n) is 12.3. The monoisotopic (exact) mass is 435 g/mol. The van der Waals surface area contributed by atoms with E-state index in [0.717, 1.165) is 49.9 Å². The minimum absolute atomic E-state index is 0.0952. The van der Waals surface area contributed by atoms with Gasteiger partial charge in [-0.25, -0.2) is 0 Å². The molecule has 5 fully saturated rings. The van der Waals surface area contributed by atoms with Gasteiger partial charge in [0.25, 0.3) is 0 Å². The number of amides is 2. The van der Waals surface area contributed by atoms with Crippen LogP contribution in [0.4, 0.5) is 5.69 Å². The second-order valence-corrected chi connectivity index (χ2v) is 10.5. The van der Waals surface area contributed by atoms with Crippen LogP contribution >= 0.6 is 0 Å². The van der Waals surface area contributed by atoms with Crippen molar-refractivity contribution in [3.05, 3.63) is 24.3 Å². The predicted molar refractivity (Wildman–Crippen MR) is 121 cm³/mol. The zero-order valence-corrected chi connectivity index (χ0v) is 18.7. The van der Waals surface area contributed by atoms with Gasteiger partial charge >= 0.3 is 0 Å². The van der Waals surface area contributed by atoms with Gasteiger partial charge in [-0.2, -0.15) is 5.26 Å². The molecule has 1 aromatic rings. The van der Waals surface area contributed by atoms with Crippen molar-refractivity contribution in [2.75, 3.05) is 18.5 Å². The highest BCUT2D eigenvalue weighted by Crippen LogP contribution is 2.60. The number of nitrogens with zero attached hydrogens (tertiary/aromatic N) is 2. The SMILES string of the molecule is N#CCCCOc1cccc(NC(=O)[C@@H]2CCCN2C(=O)C23CC4CC(CC(C4)C2)C3)c1. The molecular formula is C26H33N3O3. The number of anilines is 1. The van der Waals surface area contributed by atoms with E-state index >= 15 is 0 Å². The van der Waals surface area contributed by atoms with E-state index in [4.69, 9.17) is 10.00 Å². The van der Waals surface area contributed by atoms with Crippen LogP contribution in [0.2, 0.25) is 0 Å². The maximum atomic E-state index is 13.8. The third-order valence-electron chi connectivity index (χ3n) is 8.11. The molecule has 2 amide bonds. The lowest BCUT2D eigenvalue weighted by Crippen LogP contribution is -2.56. The molecule has 1 aliphatic heterocycles. The first kappa shape index (κ1) is 21.3. The standard InChI is InChI=1S/C26H33N3O3/c27-8-1-2-10-32-22-6-3-5-21(14-22)28-24(30)23-7-4-9-29(23)25(31)26-15-18-11-19(16-26)13-20(12-18)17-26/h3,5-6,14,18-20,23H,1-2,4,7,9-13,15-17H2,(H,28,30)/t18?,19?,20?,23-,26?/m0/s1. The van der Waals surface area contributed by atoms with Gasteiger partial charge in [0.15, 0.2) is 0 Å². The molecule has 0 unspecified atom stereocenters. The fourth-order valence-corrected chi connectivity index (χ4v) is 7.19. The molecule has 6 rings (SSSR count). The minimum atomic E-state index is -0.379. The maximum Gasteiger partial charge on any atom is 0.247 e. The van der Waals surface area contributed by atoms with E-state index in [1.165, 1.54) is 19.3 Å². The summed E-state index contributed by atoms with van der Waals surface area (Å²) in [6.45, 7) is 1.17. The van der Waals surface area contributed by atoms with Crippen LogP contribution in [0.15, 0.2) is 24.3 Å². The predicted octanol–water partition coefficient (Wildman–Crippen LogP) is 4.52. The Hall–Kier alpha value is -2.55. The number of hydrogen-bond donors (Lipinski definition) is 1. The third-order valence-corrected chi connectivity index (χ3v) is 8.11. The highest BCUT2D eigenvalue weighted by atomic mass is 16.5. The number of carbonyl (C=O) groups is 2. The van der Waals surface area contributed by atoms with Crippen molar-refractivity contribution < 1.29 is 14.3 Å². The van der Waals surface area contributed by atoms with Crippen molar-refractivity contribution in [2.24, 2.45) is 23.2 Å². The van der Waals surface area contributed by atoms with Crippen LogP contribution in [0.5, 0.6) is 5.75 Å². The summed E-state index contributed by atoms with van der Waals surface area (Å²) >= 11 is 0. The van der Waals surface area contributed by atoms with Gasteiger partial charge in [-0.3, -0.25) is 9.59 Å². The summed E-state index contributed by atoms with van der Waals surface area (Å²) in [6, 6.07) is 9.08. The summed E-state index contributed by atoms with van der Waals surface area (Å²) < 4.78 is 5.69. The fourth-order valence-electron chi connectivity index (χ4n) is 7.19. The van der Waals surface area contributed by atoms with E-state index in [0.29, 0.717) is 37.4 Å². The lowest BCUT2D eigenvalue weighted by molar-refractivity contribution is -0.160. The van der Waals surface area contributed by atoms with Gasteiger partial charge in [-0.05, 0) is 87.7 Å². The summed E-state index contributed by atoms with van der Waals surface area (Å²) in [5.74, 6) is 2.99. The van der Waals surface area contributed by atoms with Crippen LogP contribution in [-0.2, 0) is 9.59 Å². The largest absolute Gasteiger partial charge is 0.493 e. The number of benzene rings is 1. The quantitative estimate of drug-likeness (QED) is 0.639. The Balaban J connectivity index is 1.24. The lowest BCUT2D eigenvalue weighted by Gasteiger charge is -2.56. The molecule has 0 aromatic heterocycles. The summed E-state index contributed by atoms with van der Waals surface area (Å²) in [6.07, 6.45) is 9.80. The Kier molecular flexibility index (Phi) is 5.84. The number of likely N-dealkylation sites (tertiary alicyclic amines) is 1. The van der Waals surface area contributed by atoms with Gasteiger partial charge in [-0.1, -0.05) is 6.07 Å². The zero-order valence-electron chi connectivity index (χ0n) is 18.7. The molecular weight excluding hydrogens is 402 g/mol. The van der Waals surface area contributed by atoms with Crippen LogP contribution in [0.25, 0.3) is 0 Å². The molecule has 0 radical (unpaired) electrons. The Labute approximate surface area is 190 Å². The first-order chi connectivity index (χ1) is 15.6. The topological polar surface area (TPSA) is 82.4 Å². The van der Waals surface area contributed by atoms with Crippen molar-refractivity contribution >= 4 is 17.5 Å². The number of nitriles is 1. The van der Waals surface area contributed by atoms with Gasteiger partial charge in [0.1, 0.15) is 11.8 Å². The number of unbranched alkanes of at least 4 members (excludes halogenated alkanes) is 1. The van der Waals surface area contributed by atoms with Gasteiger partial charge in [0, 0.05) is 24.7 Å². The Morgan fingerprint density at radius 3 is 2.56 bits per heavy atom. The first-order valence-corrected chi connectivity index (χ1v) is 12.3. The highest BCUT2D eigenvalue weighted by molar-refractivity contribution is 5.98. The summed E-state index contributed by atoms with van der Waals surface area (Å²) in [5.41, 5.74) is 0.483. The average Bonchev–Trinajstić information content (AvgIpc) is 3.25. The van der Waals surface area contributed by atoms with Crippen molar-refractivity contribution in [3.8, 4) is 11.8 Å². The van der Waals surface area contributed by atoms with Crippen molar-refractivity contribution in [3.63, 3.8) is 0 Å². The van der Waals surface area contributed by atoms with Crippen LogP contribution < -0.4 is 10.1 Å². The number of hydrogen-bond acceptors (Lipinski definition) is 4. The van der Waals surface area contributed by atoms with E-state index in [1.807, 2.05) is 29.2 Å². The molecule has 5 aliphatic rings. The number of nitrogens with one attached hydrogen (secondary N) is 1. The van der Waals surface area contributed by atoms with Crippen LogP contribution in [-0.4, -0.2) is 35.9 Å². The average molecular weight is 436 g/mol. The lowest BCUT2D eigenvalue weighted by atomic mass is 9.49. The molecule has 4 saturated carbocycles. The summed E-state index contributed by atoms with van der Waals surface area (Å²) in [4.78, 5) is 28.9. The molecule has 0 spiro atoms. The summed E-state index contributed by atoms with van der Waals surface area (Å²) in [5, 5.41) is 11.7. The maximum absolute atomic E-state index is 13.8. The van der Waals surface area contributed by atoms with Gasteiger partial charge in [0.05, 0.1) is 18.1 Å². The number of rotatable bonds is 7. The molecule has 1 aromatic carbocycles. The zero-order chi connectivity index (χ0) is 22.1. The second kappa shape index (κ2) is 8.77. The molecule has 170 valence electrons. The molecule has 1 atom stereocenters. The van der Waals surface area contributed by atoms with Crippen LogP contribution in [0, 0.1) is 34.5 Å². The normalized spacial score (nSPS) is 32.5. The van der Waals surface area contributed by atoms with Crippen molar-refractivity contribution in [1.29, 1.82) is 5.26 Å². The Bertz CT molecular complexity index is 886. The van der Waals surface area contributed by atoms with Gasteiger partial charge in [-0.15, -0.1) is 0 Å². The molecule has 6 nitrogen and oxygen atoms in total. The molecule has 1 heterocycles. The third kappa shape index (κ3) is 4.10. The molecule has 4 bridgehead atoms. The molecule has 6 heteroatoms. The van der Waals surface area contributed by atoms with E-state index < -0.39 is 0 Å². The van der Waals surface area contributed by atoms with Crippen LogP contribution in [0.1, 0.15) is 64.2 Å². The Morgan fingerprint density at radius 2 is 1.88 bits per heavy atom. The summed E-state index contributed by atoms with van der Waals surface area (Å²) in [7, 11) is 0. The number of ether oxygens (including phenoxy) is 1. The Morgan fingerprint density at radius 1 is 1.16 bits per heavy atom. The van der Waals surface area contributed by atoms with Crippen molar-refractivity contribution in [1.82, 2.24) is 4.90 Å².